The first-order chi connectivity index (χ1) is 8.17. The smallest absolute Gasteiger partial charge is 0.265 e. The van der Waals surface area contributed by atoms with Gasteiger partial charge in [0.2, 0.25) is 0 Å². The predicted molar refractivity (Wildman–Crippen MR) is 68.7 cm³/mol. The third-order valence-electron chi connectivity index (χ3n) is 2.93. The largest absolute Gasteiger partial charge is 0.376 e. The van der Waals surface area contributed by atoms with Crippen molar-refractivity contribution in [1.29, 1.82) is 0 Å². The number of nitrogens with zero attached hydrogens (tertiary/aromatic N) is 2. The van der Waals surface area contributed by atoms with Crippen molar-refractivity contribution in [3.05, 3.63) is 10.6 Å². The van der Waals surface area contributed by atoms with Crippen molar-refractivity contribution < 1.29 is 9.53 Å². The molecule has 1 N–H and O–H groups in total. The van der Waals surface area contributed by atoms with Gasteiger partial charge in [0.15, 0.2) is 0 Å². The average molecular weight is 273 g/mol. The lowest BCUT2D eigenvalue weighted by Gasteiger charge is -2.26. The second kappa shape index (κ2) is 5.32. The highest BCUT2D eigenvalue weighted by Gasteiger charge is 2.34. The van der Waals surface area contributed by atoms with E-state index in [-0.39, 0.29) is 11.5 Å². The number of methoxy groups -OCH3 is 1. The molecule has 0 spiro atoms. The van der Waals surface area contributed by atoms with Crippen molar-refractivity contribution in [2.45, 2.75) is 18.9 Å². The van der Waals surface area contributed by atoms with Gasteiger partial charge in [-0.25, -0.2) is 0 Å². The van der Waals surface area contributed by atoms with Crippen LogP contribution in [0, 0.1) is 6.92 Å². The summed E-state index contributed by atoms with van der Waals surface area (Å²) in [7, 11) is 1.71. The molecular weight excluding hydrogens is 258 g/mol. The number of carbonyl (C=O) groups is 1. The first kappa shape index (κ1) is 12.8. The fraction of sp³-hybridized carbons (Fsp3) is 0.700. The van der Waals surface area contributed by atoms with E-state index >= 15 is 0 Å². The standard InChI is InChI=1S/C10H15N3O2S2/c1-7-8(17-13-12-7)9(14)11-5-10(15-2)3-4-16-6-10/h3-6H2,1-2H3,(H,11,14). The Labute approximate surface area is 108 Å². The summed E-state index contributed by atoms with van der Waals surface area (Å²) in [5, 5.41) is 6.74. The minimum Gasteiger partial charge on any atom is -0.376 e. The van der Waals surface area contributed by atoms with E-state index in [1.54, 1.807) is 14.0 Å². The van der Waals surface area contributed by atoms with Gasteiger partial charge in [0.25, 0.3) is 5.91 Å². The van der Waals surface area contributed by atoms with Gasteiger partial charge >= 0.3 is 0 Å². The number of ether oxygens (including phenoxy) is 1. The predicted octanol–water partition coefficient (Wildman–Crippen LogP) is 1.10. The van der Waals surface area contributed by atoms with Gasteiger partial charge < -0.3 is 10.1 Å². The minimum absolute atomic E-state index is 0.106. The van der Waals surface area contributed by atoms with E-state index in [1.165, 1.54) is 0 Å². The van der Waals surface area contributed by atoms with E-state index in [2.05, 4.69) is 14.9 Å². The highest BCUT2D eigenvalue weighted by molar-refractivity contribution is 7.99. The summed E-state index contributed by atoms with van der Waals surface area (Å²) < 4.78 is 9.29. The average Bonchev–Trinajstić information content (AvgIpc) is 2.95. The second-order valence-corrected chi connectivity index (χ2v) is 5.92. The number of thioether (sulfide) groups is 1. The van der Waals surface area contributed by atoms with Gasteiger partial charge in [0, 0.05) is 19.4 Å². The molecule has 1 aromatic rings. The number of hydrogen-bond acceptors (Lipinski definition) is 6. The Morgan fingerprint density at radius 2 is 2.47 bits per heavy atom. The molecule has 17 heavy (non-hydrogen) atoms. The van der Waals surface area contributed by atoms with E-state index in [0.29, 0.717) is 17.1 Å². The van der Waals surface area contributed by atoms with E-state index < -0.39 is 0 Å². The molecule has 0 saturated carbocycles. The number of aryl methyl sites for hydroxylation is 1. The van der Waals surface area contributed by atoms with Crippen LogP contribution in [-0.2, 0) is 4.74 Å². The summed E-state index contributed by atoms with van der Waals surface area (Å²) in [6.07, 6.45) is 0.981. The molecule has 1 unspecified atom stereocenters. The minimum atomic E-state index is -0.202. The second-order valence-electron chi connectivity index (χ2n) is 4.06. The van der Waals surface area contributed by atoms with E-state index in [9.17, 15) is 4.79 Å². The molecule has 0 bridgehead atoms. The Kier molecular flexibility index (Phi) is 4.01. The molecule has 1 atom stereocenters. The Hall–Kier alpha value is -0.660. The summed E-state index contributed by atoms with van der Waals surface area (Å²) in [4.78, 5) is 12.5. The lowest BCUT2D eigenvalue weighted by Crippen LogP contribution is -2.44. The van der Waals surface area contributed by atoms with E-state index in [0.717, 1.165) is 29.5 Å². The van der Waals surface area contributed by atoms with Gasteiger partial charge in [-0.3, -0.25) is 4.79 Å². The third-order valence-corrected chi connectivity index (χ3v) is 4.98. The van der Waals surface area contributed by atoms with Crippen molar-refractivity contribution in [2.75, 3.05) is 25.2 Å². The zero-order valence-corrected chi connectivity index (χ0v) is 11.5. The molecular formula is C10H15N3O2S2. The third kappa shape index (κ3) is 2.78. The van der Waals surface area contributed by atoms with Gasteiger partial charge in [-0.1, -0.05) is 4.49 Å². The molecule has 1 amide bonds. The maximum atomic E-state index is 11.9. The number of carbonyl (C=O) groups excluding carboxylic acids is 1. The lowest BCUT2D eigenvalue weighted by atomic mass is 10.0. The van der Waals surface area contributed by atoms with Crippen LogP contribution in [0.4, 0.5) is 0 Å². The van der Waals surface area contributed by atoms with Crippen LogP contribution >= 0.6 is 23.3 Å². The van der Waals surface area contributed by atoms with Crippen molar-refractivity contribution in [2.24, 2.45) is 0 Å². The summed E-state index contributed by atoms with van der Waals surface area (Å²) in [5.74, 6) is 1.92. The van der Waals surface area contributed by atoms with Gasteiger partial charge in [0.05, 0.1) is 11.3 Å². The number of nitrogens with one attached hydrogen (secondary N) is 1. The Morgan fingerprint density at radius 3 is 3.00 bits per heavy atom. The molecule has 0 radical (unpaired) electrons. The molecule has 1 fully saturated rings. The monoisotopic (exact) mass is 273 g/mol. The number of amides is 1. The number of aromatic nitrogens is 2. The summed E-state index contributed by atoms with van der Waals surface area (Å²) >= 11 is 2.99. The van der Waals surface area contributed by atoms with Crippen molar-refractivity contribution >= 4 is 29.2 Å². The normalized spacial score (nSPS) is 23.9. The molecule has 94 valence electrons. The maximum absolute atomic E-state index is 11.9. The van der Waals surface area contributed by atoms with Gasteiger partial charge in [-0.15, -0.1) is 5.10 Å². The van der Waals surface area contributed by atoms with Crippen LogP contribution in [0.15, 0.2) is 0 Å². The Balaban J connectivity index is 1.94. The molecule has 5 nitrogen and oxygen atoms in total. The quantitative estimate of drug-likeness (QED) is 0.890. The molecule has 2 heterocycles. The van der Waals surface area contributed by atoms with Crippen LogP contribution in [0.2, 0.25) is 0 Å². The van der Waals surface area contributed by atoms with E-state index in [1.807, 2.05) is 11.8 Å². The first-order valence-electron chi connectivity index (χ1n) is 5.37. The van der Waals surface area contributed by atoms with Crippen molar-refractivity contribution in [3.8, 4) is 0 Å². The first-order valence-corrected chi connectivity index (χ1v) is 7.30. The molecule has 1 saturated heterocycles. The van der Waals surface area contributed by atoms with Crippen LogP contribution in [-0.4, -0.2) is 46.3 Å². The SMILES string of the molecule is COC1(CNC(=O)c2snnc2C)CCSC1. The fourth-order valence-corrected chi connectivity index (χ4v) is 3.69. The number of rotatable bonds is 4. The van der Waals surface area contributed by atoms with E-state index in [4.69, 9.17) is 4.74 Å². The van der Waals surface area contributed by atoms with Crippen LogP contribution in [0.1, 0.15) is 21.8 Å². The Morgan fingerprint density at radius 1 is 1.65 bits per heavy atom. The zero-order valence-electron chi connectivity index (χ0n) is 9.86. The van der Waals surface area contributed by atoms with Gasteiger partial charge in [-0.2, -0.15) is 11.8 Å². The lowest BCUT2D eigenvalue weighted by molar-refractivity contribution is 0.0137. The molecule has 1 aliphatic rings. The zero-order chi connectivity index (χ0) is 12.3. The van der Waals surface area contributed by atoms with Gasteiger partial charge in [0.1, 0.15) is 4.88 Å². The van der Waals surface area contributed by atoms with Crippen LogP contribution < -0.4 is 5.32 Å². The summed E-state index contributed by atoms with van der Waals surface area (Å²) in [6.45, 7) is 2.34. The molecule has 1 aromatic heterocycles. The fourth-order valence-electron chi connectivity index (χ4n) is 1.72. The highest BCUT2D eigenvalue weighted by Crippen LogP contribution is 2.30. The molecule has 1 aliphatic heterocycles. The van der Waals surface area contributed by atoms with Crippen LogP contribution in [0.25, 0.3) is 0 Å². The molecule has 2 rings (SSSR count). The van der Waals surface area contributed by atoms with Crippen molar-refractivity contribution in [3.63, 3.8) is 0 Å². The van der Waals surface area contributed by atoms with Gasteiger partial charge in [-0.05, 0) is 30.6 Å². The van der Waals surface area contributed by atoms with Crippen LogP contribution in [0.5, 0.6) is 0 Å². The highest BCUT2D eigenvalue weighted by atomic mass is 32.2. The maximum Gasteiger partial charge on any atom is 0.265 e. The topological polar surface area (TPSA) is 64.1 Å². The summed E-state index contributed by atoms with van der Waals surface area (Å²) in [6, 6.07) is 0. The van der Waals surface area contributed by atoms with Crippen LogP contribution in [0.3, 0.4) is 0 Å². The Bertz CT molecular complexity index is 402. The number of hydrogen-bond donors (Lipinski definition) is 1. The molecule has 7 heteroatoms. The van der Waals surface area contributed by atoms with Crippen molar-refractivity contribution in [1.82, 2.24) is 14.9 Å². The molecule has 0 aromatic carbocycles. The summed E-state index contributed by atoms with van der Waals surface area (Å²) in [5.41, 5.74) is 0.478. The molecule has 0 aliphatic carbocycles.